The molecule has 13 heteroatoms. The maximum atomic E-state index is 13.3. The second-order valence-corrected chi connectivity index (χ2v) is 10.6. The van der Waals surface area contributed by atoms with Gasteiger partial charge in [-0.3, -0.25) is 18.3 Å². The number of ether oxygens (including phenoxy) is 1. The van der Waals surface area contributed by atoms with Crippen LogP contribution in [0.3, 0.4) is 0 Å². The number of amides is 1. The van der Waals surface area contributed by atoms with Gasteiger partial charge in [0.05, 0.1) is 35.2 Å². The number of nitrogens with one attached hydrogen (secondary N) is 1. The summed E-state index contributed by atoms with van der Waals surface area (Å²) in [6, 6.07) is 11.3. The summed E-state index contributed by atoms with van der Waals surface area (Å²) in [6.45, 7) is 3.28. The number of alkyl halides is 4. The van der Waals surface area contributed by atoms with Gasteiger partial charge in [-0.2, -0.15) is 13.2 Å². The summed E-state index contributed by atoms with van der Waals surface area (Å²) in [7, 11) is 0. The summed E-state index contributed by atoms with van der Waals surface area (Å²) >= 11 is 0. The molecule has 4 aromatic rings. The van der Waals surface area contributed by atoms with Crippen molar-refractivity contribution in [1.82, 2.24) is 24.0 Å². The molecule has 2 aromatic carbocycles. The molecule has 1 N–H and O–H groups in total. The van der Waals surface area contributed by atoms with Crippen LogP contribution >= 0.6 is 0 Å². The average molecular weight is 578 g/mol. The predicted octanol–water partition coefficient (Wildman–Crippen LogP) is 4.90. The van der Waals surface area contributed by atoms with Crippen molar-refractivity contribution >= 4 is 28.0 Å². The van der Waals surface area contributed by atoms with Crippen LogP contribution in [0.4, 0.5) is 22.4 Å². The molecule has 0 bridgehead atoms. The number of halogens is 4. The van der Waals surface area contributed by atoms with Gasteiger partial charge < -0.3 is 14.6 Å². The lowest BCUT2D eigenvalue weighted by atomic mass is 10.2. The third-order valence-corrected chi connectivity index (χ3v) is 6.26. The molecule has 0 radical (unpaired) electrons. The fourth-order valence-corrected chi connectivity index (χ4v) is 4.54. The number of imidazole rings is 1. The van der Waals surface area contributed by atoms with E-state index in [0.717, 1.165) is 4.57 Å². The smallest absolute Gasteiger partial charge is 0.407 e. The van der Waals surface area contributed by atoms with Crippen molar-refractivity contribution in [2.24, 2.45) is 0 Å². The highest BCUT2D eigenvalue weighted by Crippen LogP contribution is 2.22. The number of fused-ring (bicyclic) bond motifs is 2. The maximum absolute atomic E-state index is 13.3. The number of hydrogen-bond acceptors (Lipinski definition) is 5. The largest absolute Gasteiger partial charge is 0.444 e. The van der Waals surface area contributed by atoms with E-state index in [1.165, 1.54) is 18.2 Å². The van der Waals surface area contributed by atoms with Crippen molar-refractivity contribution in [3.8, 4) is 0 Å². The normalized spacial score (nSPS) is 12.3. The molecule has 0 unspecified atom stereocenters. The molecule has 220 valence electrons. The van der Waals surface area contributed by atoms with Crippen LogP contribution < -0.4 is 16.6 Å². The fourth-order valence-electron chi connectivity index (χ4n) is 4.54. The van der Waals surface area contributed by atoms with Gasteiger partial charge in [0.2, 0.25) is 0 Å². The second-order valence-electron chi connectivity index (χ2n) is 10.6. The van der Waals surface area contributed by atoms with Crippen LogP contribution in [0.1, 0.15) is 45.0 Å². The Labute approximate surface area is 232 Å². The van der Waals surface area contributed by atoms with Crippen molar-refractivity contribution in [1.29, 1.82) is 0 Å². The van der Waals surface area contributed by atoms with Crippen molar-refractivity contribution in [3.63, 3.8) is 0 Å². The standard InChI is InChI=1S/C28H31F4N5O4/c1-27(2,3)41-25(39)33-15-18-10-11-22-20(14-18)34-23(35(22)13-7-6-12-29)16-36-21-9-5-4-8-19(21)24(38)37(26(36)40)17-28(30,31)32/h4-5,8-11,14H,6-7,12-13,15-17H2,1-3H3,(H,33,39). The summed E-state index contributed by atoms with van der Waals surface area (Å²) < 4.78 is 61.1. The number of nitrogens with zero attached hydrogens (tertiary/aromatic N) is 4. The van der Waals surface area contributed by atoms with Crippen molar-refractivity contribution in [3.05, 3.63) is 74.7 Å². The van der Waals surface area contributed by atoms with Crippen LogP contribution in [-0.2, 0) is 30.9 Å². The molecule has 0 aliphatic carbocycles. The summed E-state index contributed by atoms with van der Waals surface area (Å²) in [5.41, 5.74) is -0.735. The SMILES string of the molecule is CC(C)(C)OC(=O)NCc1ccc2c(c1)nc(Cn1c(=O)n(CC(F)(F)F)c(=O)c3ccccc31)n2CCCCF. The molecule has 41 heavy (non-hydrogen) atoms. The third-order valence-electron chi connectivity index (χ3n) is 6.26. The van der Waals surface area contributed by atoms with Gasteiger partial charge in [0, 0.05) is 13.1 Å². The molecule has 0 aliphatic rings. The molecule has 0 saturated carbocycles. The Morgan fingerprint density at radius 3 is 2.39 bits per heavy atom. The van der Waals surface area contributed by atoms with Gasteiger partial charge in [0.15, 0.2) is 0 Å². The van der Waals surface area contributed by atoms with Crippen LogP contribution in [-0.4, -0.2) is 43.2 Å². The number of aromatic nitrogens is 4. The van der Waals surface area contributed by atoms with Gasteiger partial charge in [0.1, 0.15) is 18.0 Å². The number of benzene rings is 2. The minimum atomic E-state index is -4.79. The van der Waals surface area contributed by atoms with E-state index >= 15 is 0 Å². The number of para-hydroxylation sites is 1. The number of rotatable bonds is 9. The number of aryl methyl sites for hydroxylation is 1. The lowest BCUT2D eigenvalue weighted by molar-refractivity contribution is -0.141. The molecule has 0 aliphatic heterocycles. The van der Waals surface area contributed by atoms with Crippen LogP contribution in [0.25, 0.3) is 21.9 Å². The van der Waals surface area contributed by atoms with Crippen LogP contribution in [0, 0.1) is 0 Å². The van der Waals surface area contributed by atoms with E-state index in [2.05, 4.69) is 10.3 Å². The van der Waals surface area contributed by atoms with E-state index in [1.54, 1.807) is 49.6 Å². The second kappa shape index (κ2) is 11.8. The summed E-state index contributed by atoms with van der Waals surface area (Å²) in [5.74, 6) is 0.348. The zero-order valence-corrected chi connectivity index (χ0v) is 22.9. The van der Waals surface area contributed by atoms with Crippen molar-refractivity contribution in [2.75, 3.05) is 6.67 Å². The molecule has 2 aromatic heterocycles. The molecule has 1 amide bonds. The van der Waals surface area contributed by atoms with E-state index in [-0.39, 0.29) is 35.0 Å². The Hall–Kier alpha value is -4.16. The molecule has 4 rings (SSSR count). The van der Waals surface area contributed by atoms with Gasteiger partial charge in [-0.05, 0) is 63.4 Å². The molecule has 0 atom stereocenters. The molecule has 9 nitrogen and oxygen atoms in total. The minimum absolute atomic E-state index is 0.0352. The van der Waals surface area contributed by atoms with Crippen LogP contribution in [0.5, 0.6) is 0 Å². The van der Waals surface area contributed by atoms with E-state index in [9.17, 15) is 31.9 Å². The summed E-state index contributed by atoms with van der Waals surface area (Å²) in [6.07, 6.45) is -4.63. The quantitative estimate of drug-likeness (QED) is 0.225. The monoisotopic (exact) mass is 577 g/mol. The first-order chi connectivity index (χ1) is 19.3. The van der Waals surface area contributed by atoms with E-state index in [0.29, 0.717) is 35.4 Å². The number of alkyl carbamates (subject to hydrolysis) is 1. The Morgan fingerprint density at radius 1 is 0.976 bits per heavy atom. The lowest BCUT2D eigenvalue weighted by Crippen LogP contribution is -2.43. The summed E-state index contributed by atoms with van der Waals surface area (Å²) in [5, 5.41) is 2.64. The van der Waals surface area contributed by atoms with Crippen molar-refractivity contribution in [2.45, 2.75) is 71.6 Å². The molecule has 0 fully saturated rings. The Balaban J connectivity index is 1.77. The molecular weight excluding hydrogens is 546 g/mol. The number of carbonyl (C=O) groups excluding carboxylic acids is 1. The topological polar surface area (TPSA) is 100 Å². The Morgan fingerprint density at radius 2 is 1.71 bits per heavy atom. The lowest BCUT2D eigenvalue weighted by Gasteiger charge is -2.19. The number of hydrogen-bond donors (Lipinski definition) is 1. The minimum Gasteiger partial charge on any atom is -0.444 e. The summed E-state index contributed by atoms with van der Waals surface area (Å²) in [4.78, 5) is 42.8. The Bertz CT molecular complexity index is 1680. The first kappa shape index (κ1) is 29.8. The molecule has 0 spiro atoms. The first-order valence-electron chi connectivity index (χ1n) is 13.1. The van der Waals surface area contributed by atoms with E-state index in [1.807, 2.05) is 0 Å². The van der Waals surface area contributed by atoms with Gasteiger partial charge in [0.25, 0.3) is 5.56 Å². The predicted molar refractivity (Wildman–Crippen MR) is 146 cm³/mol. The number of carbonyl (C=O) groups is 1. The van der Waals surface area contributed by atoms with Gasteiger partial charge in [-0.1, -0.05) is 18.2 Å². The zero-order valence-electron chi connectivity index (χ0n) is 22.9. The van der Waals surface area contributed by atoms with E-state index in [4.69, 9.17) is 4.74 Å². The molecular formula is C28H31F4N5O4. The van der Waals surface area contributed by atoms with Crippen LogP contribution in [0.2, 0.25) is 0 Å². The first-order valence-corrected chi connectivity index (χ1v) is 13.1. The van der Waals surface area contributed by atoms with Gasteiger partial charge in [-0.15, -0.1) is 0 Å². The maximum Gasteiger partial charge on any atom is 0.407 e. The van der Waals surface area contributed by atoms with Gasteiger partial charge >= 0.3 is 18.0 Å². The fraction of sp³-hybridized carbons (Fsp3) is 0.429. The molecule has 0 saturated heterocycles. The van der Waals surface area contributed by atoms with Crippen LogP contribution in [0.15, 0.2) is 52.1 Å². The third kappa shape index (κ3) is 7.14. The molecule has 2 heterocycles. The van der Waals surface area contributed by atoms with Crippen molar-refractivity contribution < 1.29 is 27.1 Å². The van der Waals surface area contributed by atoms with E-state index < -0.39 is 42.3 Å². The highest BCUT2D eigenvalue weighted by molar-refractivity contribution is 5.79. The van der Waals surface area contributed by atoms with Gasteiger partial charge in [-0.25, -0.2) is 14.6 Å². The highest BCUT2D eigenvalue weighted by Gasteiger charge is 2.31. The number of unbranched alkanes of at least 4 members (excludes halogenated alkanes) is 1. The highest BCUT2D eigenvalue weighted by atomic mass is 19.4. The average Bonchev–Trinajstić information content (AvgIpc) is 3.22. The Kier molecular flexibility index (Phi) is 8.55. The zero-order chi connectivity index (χ0) is 29.9.